The van der Waals surface area contributed by atoms with Gasteiger partial charge in [-0.05, 0) is 42.7 Å². The first-order chi connectivity index (χ1) is 10.2. The summed E-state index contributed by atoms with van der Waals surface area (Å²) in [7, 11) is -3.32. The van der Waals surface area contributed by atoms with Crippen LogP contribution in [0.5, 0.6) is 0 Å². The lowest BCUT2D eigenvalue weighted by molar-refractivity contribution is 0.435. The van der Waals surface area contributed by atoms with Crippen LogP contribution in [0.2, 0.25) is 0 Å². The van der Waals surface area contributed by atoms with Crippen molar-refractivity contribution in [3.8, 4) is 0 Å². The fraction of sp³-hybridized carbons (Fsp3) is 0.600. The van der Waals surface area contributed by atoms with Gasteiger partial charge in [0.2, 0.25) is 10.0 Å². The third kappa shape index (κ3) is 4.00. The number of thioether (sulfide) groups is 1. The molecule has 1 aliphatic carbocycles. The fourth-order valence-corrected chi connectivity index (χ4v) is 4.92. The first kappa shape index (κ1) is 15.3. The molecule has 6 heteroatoms. The summed E-state index contributed by atoms with van der Waals surface area (Å²) in [6, 6.07) is 8.01. The van der Waals surface area contributed by atoms with E-state index in [4.69, 9.17) is 0 Å². The Morgan fingerprint density at radius 1 is 1.14 bits per heavy atom. The Kier molecular flexibility index (Phi) is 4.88. The Morgan fingerprint density at radius 3 is 2.62 bits per heavy atom. The molecule has 0 spiro atoms. The number of nitrogens with zero attached hydrogens (tertiary/aromatic N) is 1. The molecule has 1 heterocycles. The highest BCUT2D eigenvalue weighted by molar-refractivity contribution is 7.99. The Morgan fingerprint density at radius 2 is 1.90 bits per heavy atom. The summed E-state index contributed by atoms with van der Waals surface area (Å²) < 4.78 is 26.9. The maximum absolute atomic E-state index is 12.6. The Labute approximate surface area is 131 Å². The Bertz CT molecular complexity index is 560. The van der Waals surface area contributed by atoms with E-state index in [9.17, 15) is 8.42 Å². The summed E-state index contributed by atoms with van der Waals surface area (Å²) in [6.07, 6.45) is 3.46. The molecule has 2 fully saturated rings. The normalized spacial score (nSPS) is 21.1. The second kappa shape index (κ2) is 6.69. The fourth-order valence-electron chi connectivity index (χ4n) is 2.44. The van der Waals surface area contributed by atoms with Gasteiger partial charge in [0.1, 0.15) is 0 Å². The van der Waals surface area contributed by atoms with Gasteiger partial charge >= 0.3 is 0 Å². The molecule has 1 aliphatic heterocycles. The van der Waals surface area contributed by atoms with Gasteiger partial charge in [-0.25, -0.2) is 8.42 Å². The summed E-state index contributed by atoms with van der Waals surface area (Å²) >= 11 is 1.83. The van der Waals surface area contributed by atoms with E-state index >= 15 is 0 Å². The lowest BCUT2D eigenvalue weighted by Crippen LogP contribution is -2.33. The van der Waals surface area contributed by atoms with Gasteiger partial charge in [-0.3, -0.25) is 0 Å². The number of benzene rings is 1. The molecule has 21 heavy (non-hydrogen) atoms. The van der Waals surface area contributed by atoms with E-state index in [0.717, 1.165) is 30.0 Å². The zero-order valence-electron chi connectivity index (χ0n) is 12.1. The molecule has 0 atom stereocenters. The van der Waals surface area contributed by atoms with Crippen LogP contribution in [0.15, 0.2) is 29.2 Å². The third-order valence-corrected chi connectivity index (χ3v) is 6.88. The van der Waals surface area contributed by atoms with Crippen LogP contribution in [0.25, 0.3) is 0 Å². The van der Waals surface area contributed by atoms with Crippen molar-refractivity contribution in [2.24, 2.45) is 0 Å². The molecule has 0 aromatic heterocycles. The zero-order valence-corrected chi connectivity index (χ0v) is 13.8. The van der Waals surface area contributed by atoms with E-state index in [1.807, 2.05) is 23.9 Å². The van der Waals surface area contributed by atoms with Crippen LogP contribution in [-0.2, 0) is 16.6 Å². The molecule has 4 nitrogen and oxygen atoms in total. The van der Waals surface area contributed by atoms with Crippen molar-refractivity contribution >= 4 is 21.8 Å². The van der Waals surface area contributed by atoms with Crippen molar-refractivity contribution in [2.75, 3.05) is 24.6 Å². The van der Waals surface area contributed by atoms with E-state index in [2.05, 4.69) is 5.32 Å². The van der Waals surface area contributed by atoms with Gasteiger partial charge in [0.25, 0.3) is 0 Å². The predicted molar refractivity (Wildman–Crippen MR) is 87.0 cm³/mol. The molecule has 116 valence electrons. The number of rotatable bonds is 5. The number of nitrogens with one attached hydrogen (secondary N) is 1. The first-order valence-electron chi connectivity index (χ1n) is 7.56. The molecule has 1 aromatic rings. The van der Waals surface area contributed by atoms with Gasteiger partial charge in [0.05, 0.1) is 4.90 Å². The highest BCUT2D eigenvalue weighted by Gasteiger charge is 2.25. The predicted octanol–water partition coefficient (Wildman–Crippen LogP) is 2.07. The molecule has 0 radical (unpaired) electrons. The van der Waals surface area contributed by atoms with Crippen molar-refractivity contribution in [1.82, 2.24) is 9.62 Å². The van der Waals surface area contributed by atoms with Crippen LogP contribution in [0.4, 0.5) is 0 Å². The molecule has 3 rings (SSSR count). The topological polar surface area (TPSA) is 49.4 Å². The summed E-state index contributed by atoms with van der Waals surface area (Å²) in [5, 5.41) is 3.44. The smallest absolute Gasteiger partial charge is 0.243 e. The molecule has 0 amide bonds. The van der Waals surface area contributed by atoms with Gasteiger partial charge in [-0.2, -0.15) is 16.1 Å². The summed E-state index contributed by atoms with van der Waals surface area (Å²) in [5.41, 5.74) is 1.15. The summed E-state index contributed by atoms with van der Waals surface area (Å²) in [6.45, 7) is 2.09. The second-order valence-corrected chi connectivity index (χ2v) is 8.83. The highest BCUT2D eigenvalue weighted by Crippen LogP contribution is 2.22. The largest absolute Gasteiger partial charge is 0.310 e. The number of hydrogen-bond donors (Lipinski definition) is 1. The first-order valence-corrected chi connectivity index (χ1v) is 10.2. The summed E-state index contributed by atoms with van der Waals surface area (Å²) in [5.74, 6) is 1.94. The minimum atomic E-state index is -3.32. The standard InChI is InChI=1S/C15H22N2O2S2/c18-21(19,17-8-1-10-20-11-9-17)15-6-2-13(3-7-15)12-16-14-4-5-14/h2-3,6-7,14,16H,1,4-5,8-12H2. The molecule has 1 aromatic carbocycles. The Balaban J connectivity index is 1.68. The van der Waals surface area contributed by atoms with E-state index in [1.54, 1.807) is 16.4 Å². The van der Waals surface area contributed by atoms with Crippen LogP contribution < -0.4 is 5.32 Å². The van der Waals surface area contributed by atoms with Gasteiger partial charge in [0, 0.05) is 31.4 Å². The lowest BCUT2D eigenvalue weighted by atomic mass is 10.2. The monoisotopic (exact) mass is 326 g/mol. The molecule has 1 N–H and O–H groups in total. The van der Waals surface area contributed by atoms with E-state index in [1.165, 1.54) is 12.8 Å². The third-order valence-electron chi connectivity index (χ3n) is 3.91. The number of sulfonamides is 1. The van der Waals surface area contributed by atoms with Crippen molar-refractivity contribution in [3.63, 3.8) is 0 Å². The highest BCUT2D eigenvalue weighted by atomic mass is 32.2. The van der Waals surface area contributed by atoms with Crippen molar-refractivity contribution < 1.29 is 8.42 Å². The van der Waals surface area contributed by atoms with Crippen molar-refractivity contribution in [2.45, 2.75) is 36.7 Å². The molecule has 2 aliphatic rings. The van der Waals surface area contributed by atoms with Gasteiger partial charge < -0.3 is 5.32 Å². The lowest BCUT2D eigenvalue weighted by Gasteiger charge is -2.19. The minimum Gasteiger partial charge on any atom is -0.310 e. The van der Waals surface area contributed by atoms with Gasteiger partial charge in [-0.1, -0.05) is 12.1 Å². The summed E-state index contributed by atoms with van der Waals surface area (Å²) in [4.78, 5) is 0.421. The van der Waals surface area contributed by atoms with Gasteiger partial charge in [-0.15, -0.1) is 0 Å². The zero-order chi connectivity index (χ0) is 14.7. The van der Waals surface area contributed by atoms with Crippen LogP contribution in [-0.4, -0.2) is 43.4 Å². The van der Waals surface area contributed by atoms with Crippen LogP contribution in [0.3, 0.4) is 0 Å². The van der Waals surface area contributed by atoms with E-state index in [0.29, 0.717) is 24.0 Å². The molecule has 1 saturated heterocycles. The van der Waals surface area contributed by atoms with Gasteiger partial charge in [0.15, 0.2) is 0 Å². The maximum Gasteiger partial charge on any atom is 0.243 e. The maximum atomic E-state index is 12.6. The quantitative estimate of drug-likeness (QED) is 0.900. The van der Waals surface area contributed by atoms with E-state index < -0.39 is 10.0 Å². The molecule has 0 bridgehead atoms. The average Bonchev–Trinajstić information content (AvgIpc) is 3.32. The number of hydrogen-bond acceptors (Lipinski definition) is 4. The van der Waals surface area contributed by atoms with Crippen LogP contribution in [0.1, 0.15) is 24.8 Å². The van der Waals surface area contributed by atoms with Crippen LogP contribution in [0, 0.1) is 0 Å². The SMILES string of the molecule is O=S(=O)(c1ccc(CNC2CC2)cc1)N1CCCSCC1. The van der Waals surface area contributed by atoms with E-state index in [-0.39, 0.29) is 0 Å². The molecule has 1 saturated carbocycles. The minimum absolute atomic E-state index is 0.421. The van der Waals surface area contributed by atoms with Crippen LogP contribution >= 0.6 is 11.8 Å². The molecular formula is C15H22N2O2S2. The Hall–Kier alpha value is -0.560. The second-order valence-electron chi connectivity index (χ2n) is 5.67. The molecular weight excluding hydrogens is 304 g/mol. The van der Waals surface area contributed by atoms with Crippen molar-refractivity contribution in [1.29, 1.82) is 0 Å². The molecule has 0 unspecified atom stereocenters. The van der Waals surface area contributed by atoms with Crippen molar-refractivity contribution in [3.05, 3.63) is 29.8 Å². The average molecular weight is 326 g/mol.